The maximum Gasteiger partial charge on any atom is 0.272 e. The van der Waals surface area contributed by atoms with Gasteiger partial charge in [0.2, 0.25) is 0 Å². The molecule has 0 aliphatic carbocycles. The van der Waals surface area contributed by atoms with E-state index >= 15 is 0 Å². The summed E-state index contributed by atoms with van der Waals surface area (Å²) in [5.74, 6) is 0.898. The minimum atomic E-state index is -0.789. The minimum Gasteiger partial charge on any atom is -0.496 e. The van der Waals surface area contributed by atoms with Crippen LogP contribution in [0.3, 0.4) is 0 Å². The third-order valence-corrected chi connectivity index (χ3v) is 6.98. The molecule has 2 N–H and O–H groups in total. The minimum absolute atomic E-state index is 0.171. The standard InChI is InChI=1S/C24H23N5O5S/c1-28-5-3-18(26-28)15-7-16-20(8-19(15)32-2)34-9-17-21(23(31)25-24(11-30)12-33-13-24)27-29(22(16)17)14-4-6-35-10-14/h3-8,10,30H,9,11-13H2,1-2H3,(H,25,31). The Bertz CT molecular complexity index is 1410. The van der Waals surface area contributed by atoms with E-state index < -0.39 is 5.54 Å². The number of hydrogen-bond donors (Lipinski definition) is 2. The fourth-order valence-corrected chi connectivity index (χ4v) is 5.02. The predicted octanol–water partition coefficient (Wildman–Crippen LogP) is 2.39. The third kappa shape index (κ3) is 3.51. The largest absolute Gasteiger partial charge is 0.496 e. The van der Waals surface area contributed by atoms with E-state index in [1.54, 1.807) is 27.8 Å². The molecular weight excluding hydrogens is 470 g/mol. The molecule has 35 heavy (non-hydrogen) atoms. The van der Waals surface area contributed by atoms with Crippen molar-refractivity contribution in [2.24, 2.45) is 7.05 Å². The lowest BCUT2D eigenvalue weighted by molar-refractivity contribution is -0.0920. The summed E-state index contributed by atoms with van der Waals surface area (Å²) in [5.41, 5.74) is 4.11. The number of nitrogens with zero attached hydrogens (tertiary/aromatic N) is 4. The van der Waals surface area contributed by atoms with Crippen LogP contribution in [0.4, 0.5) is 0 Å². The summed E-state index contributed by atoms with van der Waals surface area (Å²) < 4.78 is 20.5. The van der Waals surface area contributed by atoms with Gasteiger partial charge >= 0.3 is 0 Å². The number of benzene rings is 1. The van der Waals surface area contributed by atoms with Gasteiger partial charge in [0.05, 0.1) is 44.0 Å². The monoisotopic (exact) mass is 493 g/mol. The van der Waals surface area contributed by atoms with Crippen molar-refractivity contribution < 1.29 is 24.1 Å². The Balaban J connectivity index is 1.52. The Morgan fingerprint density at radius 1 is 1.29 bits per heavy atom. The Kier molecular flexibility index (Phi) is 5.13. The van der Waals surface area contributed by atoms with Gasteiger partial charge in [0.1, 0.15) is 23.6 Å². The number of fused-ring (bicyclic) bond motifs is 3. The van der Waals surface area contributed by atoms with Crippen molar-refractivity contribution in [1.82, 2.24) is 24.9 Å². The zero-order valence-electron chi connectivity index (χ0n) is 19.1. The first-order chi connectivity index (χ1) is 17.0. The predicted molar refractivity (Wildman–Crippen MR) is 128 cm³/mol. The molecule has 3 aromatic heterocycles. The van der Waals surface area contributed by atoms with Crippen molar-refractivity contribution in [3.05, 3.63) is 52.5 Å². The zero-order chi connectivity index (χ0) is 24.2. The number of carbonyl (C=O) groups excluding carboxylic acids is 1. The van der Waals surface area contributed by atoms with Crippen molar-refractivity contribution in [2.45, 2.75) is 12.1 Å². The van der Waals surface area contributed by atoms with Gasteiger partial charge in [-0.25, -0.2) is 4.68 Å². The van der Waals surface area contributed by atoms with E-state index in [0.717, 1.165) is 28.2 Å². The van der Waals surface area contributed by atoms with Gasteiger partial charge in [-0.3, -0.25) is 9.48 Å². The number of hydrogen-bond acceptors (Lipinski definition) is 8. The Morgan fingerprint density at radius 3 is 2.77 bits per heavy atom. The Labute approximate surface area is 204 Å². The van der Waals surface area contributed by atoms with Crippen molar-refractivity contribution in [2.75, 3.05) is 26.9 Å². The summed E-state index contributed by atoms with van der Waals surface area (Å²) in [7, 11) is 3.47. The molecule has 0 spiro atoms. The normalized spacial score (nSPS) is 15.5. The average Bonchev–Trinajstić information content (AvgIpc) is 3.59. The van der Waals surface area contributed by atoms with Crippen LogP contribution < -0.4 is 14.8 Å². The van der Waals surface area contributed by atoms with Gasteiger partial charge < -0.3 is 24.6 Å². The molecule has 0 radical (unpaired) electrons. The van der Waals surface area contributed by atoms with Gasteiger partial charge in [0, 0.05) is 41.4 Å². The topological polar surface area (TPSA) is 113 Å². The van der Waals surface area contributed by atoms with Gasteiger partial charge in [0.15, 0.2) is 5.69 Å². The molecule has 0 atom stereocenters. The lowest BCUT2D eigenvalue weighted by atomic mass is 9.96. The number of aromatic nitrogens is 4. The van der Waals surface area contributed by atoms with Gasteiger partial charge in [-0.15, -0.1) is 0 Å². The Morgan fingerprint density at radius 2 is 2.14 bits per heavy atom. The summed E-state index contributed by atoms with van der Waals surface area (Å²) in [6, 6.07) is 7.68. The molecule has 2 aliphatic rings. The molecule has 0 unspecified atom stereocenters. The summed E-state index contributed by atoms with van der Waals surface area (Å²) in [6.07, 6.45) is 1.87. The fourth-order valence-electron chi connectivity index (χ4n) is 4.41. The van der Waals surface area contributed by atoms with E-state index in [1.165, 1.54) is 0 Å². The number of aliphatic hydroxyl groups is 1. The molecule has 0 saturated carbocycles. The molecule has 2 aliphatic heterocycles. The third-order valence-electron chi connectivity index (χ3n) is 6.31. The molecule has 0 bridgehead atoms. The van der Waals surface area contributed by atoms with Crippen molar-refractivity contribution in [3.8, 4) is 39.7 Å². The van der Waals surface area contributed by atoms with Crippen molar-refractivity contribution >= 4 is 17.2 Å². The second-order valence-corrected chi connectivity index (χ2v) is 9.45. The lowest BCUT2D eigenvalue weighted by Crippen LogP contribution is -2.64. The summed E-state index contributed by atoms with van der Waals surface area (Å²) >= 11 is 1.54. The van der Waals surface area contributed by atoms with Crippen molar-refractivity contribution in [1.29, 1.82) is 0 Å². The van der Waals surface area contributed by atoms with Crippen LogP contribution in [-0.2, 0) is 18.4 Å². The van der Waals surface area contributed by atoms with Crippen LogP contribution in [0.15, 0.2) is 41.2 Å². The summed E-state index contributed by atoms with van der Waals surface area (Å²) in [4.78, 5) is 13.3. The number of rotatable bonds is 6. The van der Waals surface area contributed by atoms with Crippen LogP contribution in [0.5, 0.6) is 11.5 Å². The number of ether oxygens (including phenoxy) is 3. The highest BCUT2D eigenvalue weighted by atomic mass is 32.1. The van der Waals surface area contributed by atoms with E-state index in [9.17, 15) is 9.90 Å². The molecule has 1 fully saturated rings. The summed E-state index contributed by atoms with van der Waals surface area (Å²) in [5, 5.41) is 25.9. The molecule has 6 rings (SSSR count). The van der Waals surface area contributed by atoms with Crippen LogP contribution in [-0.4, -0.2) is 63.0 Å². The molecule has 4 aromatic rings. The second-order valence-electron chi connectivity index (χ2n) is 8.67. The molecule has 1 aromatic carbocycles. The summed E-state index contributed by atoms with van der Waals surface area (Å²) in [6.45, 7) is 0.479. The number of aryl methyl sites for hydroxylation is 1. The Hall–Kier alpha value is -3.67. The van der Waals surface area contributed by atoms with Crippen LogP contribution in [0, 0.1) is 0 Å². The number of methoxy groups -OCH3 is 1. The molecule has 11 heteroatoms. The van der Waals surface area contributed by atoms with Gasteiger partial charge in [-0.1, -0.05) is 0 Å². The highest BCUT2D eigenvalue weighted by Crippen LogP contribution is 2.45. The molecule has 1 amide bonds. The van der Waals surface area contributed by atoms with Gasteiger partial charge in [0.25, 0.3) is 5.91 Å². The van der Waals surface area contributed by atoms with E-state index in [-0.39, 0.29) is 38.0 Å². The first-order valence-electron chi connectivity index (χ1n) is 11.0. The molecule has 5 heterocycles. The van der Waals surface area contributed by atoms with Crippen LogP contribution in [0.25, 0.3) is 28.2 Å². The molecule has 180 valence electrons. The van der Waals surface area contributed by atoms with Crippen molar-refractivity contribution in [3.63, 3.8) is 0 Å². The van der Waals surface area contributed by atoms with E-state index in [4.69, 9.17) is 19.3 Å². The molecule has 10 nitrogen and oxygen atoms in total. The fraction of sp³-hybridized carbons (Fsp3) is 0.292. The van der Waals surface area contributed by atoms with Crippen LogP contribution >= 0.6 is 11.3 Å². The first kappa shape index (κ1) is 21.8. The van der Waals surface area contributed by atoms with Gasteiger partial charge in [-0.05, 0) is 23.6 Å². The lowest BCUT2D eigenvalue weighted by Gasteiger charge is -2.40. The maximum atomic E-state index is 13.3. The molecule has 1 saturated heterocycles. The first-order valence-corrected chi connectivity index (χ1v) is 12.0. The number of nitrogens with one attached hydrogen (secondary N) is 1. The number of aliphatic hydroxyl groups excluding tert-OH is 1. The van der Waals surface area contributed by atoms with E-state index in [2.05, 4.69) is 10.4 Å². The molecular formula is C24H23N5O5S. The zero-order valence-corrected chi connectivity index (χ0v) is 20.0. The SMILES string of the molecule is COc1cc2c(cc1-c1ccn(C)n1)-c1c(c(C(=O)NC3(CO)COC3)nn1-c1ccsc1)CO2. The van der Waals surface area contributed by atoms with E-state index in [1.807, 2.05) is 48.3 Å². The highest BCUT2D eigenvalue weighted by molar-refractivity contribution is 7.08. The number of amides is 1. The van der Waals surface area contributed by atoms with Crippen LogP contribution in [0.2, 0.25) is 0 Å². The quantitative estimate of drug-likeness (QED) is 0.424. The van der Waals surface area contributed by atoms with Gasteiger partial charge in [-0.2, -0.15) is 21.5 Å². The van der Waals surface area contributed by atoms with Crippen LogP contribution in [0.1, 0.15) is 16.1 Å². The number of carbonyl (C=O) groups is 1. The maximum absolute atomic E-state index is 13.3. The number of thiophene rings is 1. The second kappa shape index (κ2) is 8.22. The average molecular weight is 494 g/mol. The van der Waals surface area contributed by atoms with E-state index in [0.29, 0.717) is 17.1 Å². The highest BCUT2D eigenvalue weighted by Gasteiger charge is 2.41. The smallest absolute Gasteiger partial charge is 0.272 e.